The number of halogens is 3. The van der Waals surface area contributed by atoms with Gasteiger partial charge in [-0.05, 0) is 19.3 Å². The second kappa shape index (κ2) is 5.66. The van der Waals surface area contributed by atoms with Gasteiger partial charge in [-0.25, -0.2) is 0 Å². The van der Waals surface area contributed by atoms with Crippen molar-refractivity contribution >= 4 is 5.91 Å². The molecule has 1 saturated heterocycles. The van der Waals surface area contributed by atoms with Crippen molar-refractivity contribution in [2.75, 3.05) is 32.7 Å². The van der Waals surface area contributed by atoms with Crippen LogP contribution in [0.1, 0.15) is 19.3 Å². The standard InChI is InChI=1S/C12H19F3N2O2/c13-12(14,15)10(18)8-16-4-1-5-17(7-6-16)11(19)9-2-3-9/h9-10,18H,1-8H2/t10-/m1/s1. The zero-order valence-electron chi connectivity index (χ0n) is 10.7. The Morgan fingerprint density at radius 1 is 1.21 bits per heavy atom. The van der Waals surface area contributed by atoms with Crippen LogP contribution in [0.25, 0.3) is 0 Å². The van der Waals surface area contributed by atoms with Gasteiger partial charge in [0.1, 0.15) is 0 Å². The summed E-state index contributed by atoms with van der Waals surface area (Å²) < 4.78 is 36.9. The van der Waals surface area contributed by atoms with E-state index in [0.29, 0.717) is 32.6 Å². The molecular weight excluding hydrogens is 261 g/mol. The van der Waals surface area contributed by atoms with Crippen molar-refractivity contribution in [2.45, 2.75) is 31.5 Å². The van der Waals surface area contributed by atoms with Crippen molar-refractivity contribution in [1.29, 1.82) is 0 Å². The van der Waals surface area contributed by atoms with Gasteiger partial charge in [0.05, 0.1) is 0 Å². The molecule has 0 aromatic rings. The zero-order chi connectivity index (χ0) is 14.0. The van der Waals surface area contributed by atoms with Crippen LogP contribution in [0.15, 0.2) is 0 Å². The third-order valence-electron chi connectivity index (χ3n) is 3.64. The first-order valence-corrected chi connectivity index (χ1v) is 6.64. The number of β-amino-alcohol motifs (C(OH)–C–C–N with tert-alkyl or cyclic N) is 1. The maximum Gasteiger partial charge on any atom is 0.415 e. The minimum atomic E-state index is -4.57. The zero-order valence-corrected chi connectivity index (χ0v) is 10.7. The van der Waals surface area contributed by atoms with Crippen molar-refractivity contribution in [3.05, 3.63) is 0 Å². The molecule has 1 heterocycles. The lowest BCUT2D eigenvalue weighted by Gasteiger charge is -2.25. The summed E-state index contributed by atoms with van der Waals surface area (Å²) in [6, 6.07) is 0. The Labute approximate surface area is 110 Å². The quantitative estimate of drug-likeness (QED) is 0.833. The number of amides is 1. The smallest absolute Gasteiger partial charge is 0.382 e. The van der Waals surface area contributed by atoms with E-state index in [1.165, 1.54) is 0 Å². The lowest BCUT2D eigenvalue weighted by atomic mass is 10.3. The van der Waals surface area contributed by atoms with E-state index in [1.807, 2.05) is 0 Å². The van der Waals surface area contributed by atoms with Crippen molar-refractivity contribution in [3.8, 4) is 0 Å². The largest absolute Gasteiger partial charge is 0.415 e. The number of rotatable bonds is 3. The third kappa shape index (κ3) is 4.07. The average molecular weight is 280 g/mol. The number of hydrogen-bond donors (Lipinski definition) is 1. The Morgan fingerprint density at radius 3 is 2.47 bits per heavy atom. The minimum Gasteiger partial charge on any atom is -0.382 e. The fourth-order valence-electron chi connectivity index (χ4n) is 2.31. The molecule has 1 amide bonds. The number of carbonyl (C=O) groups is 1. The third-order valence-corrected chi connectivity index (χ3v) is 3.64. The summed E-state index contributed by atoms with van der Waals surface area (Å²) in [6.07, 6.45) is -4.35. The summed E-state index contributed by atoms with van der Waals surface area (Å²) in [6.45, 7) is 1.54. The van der Waals surface area contributed by atoms with Gasteiger partial charge < -0.3 is 10.0 Å². The molecule has 2 rings (SSSR count). The van der Waals surface area contributed by atoms with Crippen molar-refractivity contribution in [3.63, 3.8) is 0 Å². The molecular formula is C12H19F3N2O2. The lowest BCUT2D eigenvalue weighted by molar-refractivity contribution is -0.208. The number of aliphatic hydroxyl groups excluding tert-OH is 1. The number of hydrogen-bond acceptors (Lipinski definition) is 3. The Balaban J connectivity index is 1.81. The van der Waals surface area contributed by atoms with E-state index in [9.17, 15) is 18.0 Å². The fourth-order valence-corrected chi connectivity index (χ4v) is 2.31. The Hall–Kier alpha value is -0.820. The summed E-state index contributed by atoms with van der Waals surface area (Å²) in [5.41, 5.74) is 0. The van der Waals surface area contributed by atoms with Crippen molar-refractivity contribution < 1.29 is 23.1 Å². The maximum atomic E-state index is 12.3. The fraction of sp³-hybridized carbons (Fsp3) is 0.917. The van der Waals surface area contributed by atoms with Crippen LogP contribution < -0.4 is 0 Å². The van der Waals surface area contributed by atoms with Gasteiger partial charge in [0, 0.05) is 38.6 Å². The summed E-state index contributed by atoms with van der Waals surface area (Å²) in [7, 11) is 0. The molecule has 0 spiro atoms. The Bertz CT molecular complexity index is 331. The number of carbonyl (C=O) groups excluding carboxylic acids is 1. The highest BCUT2D eigenvalue weighted by Crippen LogP contribution is 2.31. The molecule has 1 aliphatic carbocycles. The van der Waals surface area contributed by atoms with E-state index in [4.69, 9.17) is 5.11 Å². The van der Waals surface area contributed by atoms with Crippen LogP contribution in [-0.2, 0) is 4.79 Å². The summed E-state index contributed by atoms with van der Waals surface area (Å²) in [5, 5.41) is 9.06. The van der Waals surface area contributed by atoms with Gasteiger partial charge >= 0.3 is 6.18 Å². The predicted octanol–water partition coefficient (Wildman–Crippen LogP) is 0.854. The molecule has 1 aliphatic heterocycles. The molecule has 110 valence electrons. The number of aliphatic hydroxyl groups is 1. The van der Waals surface area contributed by atoms with E-state index < -0.39 is 18.8 Å². The second-order valence-corrected chi connectivity index (χ2v) is 5.31. The molecule has 1 saturated carbocycles. The number of alkyl halides is 3. The first-order chi connectivity index (χ1) is 8.88. The summed E-state index contributed by atoms with van der Waals surface area (Å²) in [4.78, 5) is 15.2. The van der Waals surface area contributed by atoms with Crippen LogP contribution in [0.5, 0.6) is 0 Å². The summed E-state index contributed by atoms with van der Waals surface area (Å²) >= 11 is 0. The first kappa shape index (κ1) is 14.6. The normalized spacial score (nSPS) is 24.1. The Morgan fingerprint density at radius 2 is 1.89 bits per heavy atom. The molecule has 0 bridgehead atoms. The average Bonchev–Trinajstić information content (AvgIpc) is 3.14. The molecule has 0 radical (unpaired) electrons. The molecule has 19 heavy (non-hydrogen) atoms. The van der Waals surface area contributed by atoms with Gasteiger partial charge in [-0.2, -0.15) is 13.2 Å². The SMILES string of the molecule is O=C(C1CC1)N1CCCN(C[C@@H](O)C(F)(F)F)CC1. The topological polar surface area (TPSA) is 43.8 Å². The van der Waals surface area contributed by atoms with E-state index in [2.05, 4.69) is 0 Å². The highest BCUT2D eigenvalue weighted by molar-refractivity contribution is 5.81. The summed E-state index contributed by atoms with van der Waals surface area (Å²) in [5.74, 6) is 0.283. The van der Waals surface area contributed by atoms with E-state index >= 15 is 0 Å². The van der Waals surface area contributed by atoms with Crippen LogP contribution in [0.4, 0.5) is 13.2 Å². The van der Waals surface area contributed by atoms with Crippen LogP contribution in [0.3, 0.4) is 0 Å². The highest BCUT2D eigenvalue weighted by Gasteiger charge is 2.39. The van der Waals surface area contributed by atoms with Crippen molar-refractivity contribution in [2.24, 2.45) is 5.92 Å². The molecule has 0 aromatic heterocycles. The molecule has 4 nitrogen and oxygen atoms in total. The molecule has 7 heteroatoms. The highest BCUT2D eigenvalue weighted by atomic mass is 19.4. The van der Waals surface area contributed by atoms with Gasteiger partial charge in [-0.15, -0.1) is 0 Å². The van der Waals surface area contributed by atoms with Crippen molar-refractivity contribution in [1.82, 2.24) is 9.80 Å². The Kier molecular flexibility index (Phi) is 4.35. The monoisotopic (exact) mass is 280 g/mol. The van der Waals surface area contributed by atoms with Gasteiger partial charge in [0.15, 0.2) is 6.10 Å². The molecule has 0 unspecified atom stereocenters. The van der Waals surface area contributed by atoms with Gasteiger partial charge in [-0.1, -0.05) is 0 Å². The van der Waals surface area contributed by atoms with Crippen LogP contribution in [0, 0.1) is 5.92 Å². The van der Waals surface area contributed by atoms with E-state index in [0.717, 1.165) is 12.8 Å². The van der Waals surface area contributed by atoms with E-state index in [1.54, 1.807) is 9.80 Å². The molecule has 0 aromatic carbocycles. The minimum absolute atomic E-state index is 0.137. The first-order valence-electron chi connectivity index (χ1n) is 6.64. The number of nitrogens with zero attached hydrogens (tertiary/aromatic N) is 2. The van der Waals surface area contributed by atoms with Crippen LogP contribution in [-0.4, -0.2) is 65.8 Å². The predicted molar refractivity (Wildman–Crippen MR) is 62.4 cm³/mol. The molecule has 2 fully saturated rings. The molecule has 1 N–H and O–H groups in total. The van der Waals surface area contributed by atoms with Crippen LogP contribution >= 0.6 is 0 Å². The molecule has 1 atom stereocenters. The van der Waals surface area contributed by atoms with Gasteiger partial charge in [0.25, 0.3) is 0 Å². The maximum absolute atomic E-state index is 12.3. The van der Waals surface area contributed by atoms with Crippen LogP contribution in [0.2, 0.25) is 0 Å². The molecule has 2 aliphatic rings. The second-order valence-electron chi connectivity index (χ2n) is 5.31. The lowest BCUT2D eigenvalue weighted by Crippen LogP contribution is -2.43. The van der Waals surface area contributed by atoms with E-state index in [-0.39, 0.29) is 11.8 Å². The van der Waals surface area contributed by atoms with Gasteiger partial charge in [-0.3, -0.25) is 9.69 Å². The van der Waals surface area contributed by atoms with Gasteiger partial charge in [0.2, 0.25) is 5.91 Å².